The third-order valence-corrected chi connectivity index (χ3v) is 5.27. The fourth-order valence-corrected chi connectivity index (χ4v) is 3.13. The molecule has 0 fully saturated rings. The van der Waals surface area contributed by atoms with Gasteiger partial charge in [0.25, 0.3) is 5.91 Å². The van der Waals surface area contributed by atoms with Crippen LogP contribution in [0.3, 0.4) is 0 Å². The molecule has 0 aliphatic carbocycles. The maximum absolute atomic E-state index is 11.1. The molecule has 3 N–H and O–H groups in total. The van der Waals surface area contributed by atoms with Gasteiger partial charge in [-0.25, -0.2) is 4.79 Å². The van der Waals surface area contributed by atoms with E-state index in [2.05, 4.69) is 0 Å². The van der Waals surface area contributed by atoms with Crippen LogP contribution in [0.2, 0.25) is 0 Å². The minimum absolute atomic E-state index is 0.169. The van der Waals surface area contributed by atoms with E-state index in [-0.39, 0.29) is 17.1 Å². The number of hydrogen-bond donors (Lipinski definition) is 2. The van der Waals surface area contributed by atoms with Crippen molar-refractivity contribution in [3.63, 3.8) is 0 Å². The maximum Gasteiger partial charge on any atom is 0.339 e. The van der Waals surface area contributed by atoms with Crippen molar-refractivity contribution in [2.24, 2.45) is 5.73 Å². The second-order valence-electron chi connectivity index (χ2n) is 8.06. The monoisotopic (exact) mass is 499 g/mol. The summed E-state index contributed by atoms with van der Waals surface area (Å²) in [5.41, 5.74) is 5.80. The predicted molar refractivity (Wildman–Crippen MR) is 138 cm³/mol. The molecule has 8 nitrogen and oxygen atoms in total. The lowest BCUT2D eigenvalue weighted by Crippen LogP contribution is -2.13. The molecule has 0 aliphatic rings. The maximum atomic E-state index is 11.1. The van der Waals surface area contributed by atoms with Crippen LogP contribution in [0.1, 0.15) is 85.9 Å². The van der Waals surface area contributed by atoms with Gasteiger partial charge in [0.1, 0.15) is 28.6 Å². The van der Waals surface area contributed by atoms with E-state index < -0.39 is 11.9 Å². The molecule has 2 aromatic rings. The van der Waals surface area contributed by atoms with Crippen LogP contribution >= 0.6 is 0 Å². The number of amides is 1. The Labute approximate surface area is 212 Å². The minimum atomic E-state index is -0.994. The summed E-state index contributed by atoms with van der Waals surface area (Å²) in [6, 6.07) is 13.4. The van der Waals surface area contributed by atoms with Crippen LogP contribution in [0.25, 0.3) is 0 Å². The topological polar surface area (TPSA) is 133 Å². The van der Waals surface area contributed by atoms with Crippen molar-refractivity contribution < 1.29 is 33.8 Å². The van der Waals surface area contributed by atoms with Crippen molar-refractivity contribution in [2.45, 2.75) is 65.2 Å². The first-order chi connectivity index (χ1) is 17.3. The Balaban J connectivity index is 0.000000360. The first kappa shape index (κ1) is 30.4. The van der Waals surface area contributed by atoms with E-state index in [0.29, 0.717) is 56.0 Å². The smallest absolute Gasteiger partial charge is 0.339 e. The SMILES string of the molecule is CCC(=O)CCCCOc1ccccc1C(=O)O.CCC(=O)CCCCOc1ccccc1C(N)=O. The second-order valence-corrected chi connectivity index (χ2v) is 8.06. The highest BCUT2D eigenvalue weighted by Gasteiger charge is 2.10. The fraction of sp³-hybridized carbons (Fsp3) is 0.429. The normalized spacial score (nSPS) is 10.1. The molecule has 0 spiro atoms. The number of primary amides is 1. The number of carbonyl (C=O) groups is 4. The third-order valence-electron chi connectivity index (χ3n) is 5.27. The molecular formula is C28H37NO7. The van der Waals surface area contributed by atoms with Gasteiger partial charge >= 0.3 is 5.97 Å². The van der Waals surface area contributed by atoms with Crippen LogP contribution in [-0.2, 0) is 9.59 Å². The van der Waals surface area contributed by atoms with Gasteiger partial charge in [-0.2, -0.15) is 0 Å². The number of ether oxygens (including phenoxy) is 2. The molecule has 0 bridgehead atoms. The molecule has 0 saturated carbocycles. The van der Waals surface area contributed by atoms with Crippen LogP contribution in [0, 0.1) is 0 Å². The van der Waals surface area contributed by atoms with Crippen molar-refractivity contribution >= 4 is 23.4 Å². The van der Waals surface area contributed by atoms with Gasteiger partial charge in [0.15, 0.2) is 0 Å². The number of hydrogen-bond acceptors (Lipinski definition) is 6. The summed E-state index contributed by atoms with van der Waals surface area (Å²) in [5, 5.41) is 8.95. The fourth-order valence-electron chi connectivity index (χ4n) is 3.13. The quantitative estimate of drug-likeness (QED) is 0.302. The third kappa shape index (κ3) is 12.1. The Kier molecular flexibility index (Phi) is 14.9. The Morgan fingerprint density at radius 1 is 0.694 bits per heavy atom. The minimum Gasteiger partial charge on any atom is -0.493 e. The van der Waals surface area contributed by atoms with Gasteiger partial charge in [-0.3, -0.25) is 14.4 Å². The van der Waals surface area contributed by atoms with Gasteiger partial charge in [0.2, 0.25) is 0 Å². The molecule has 2 rings (SSSR count). The number of Topliss-reactive ketones (excluding diaryl/α,β-unsaturated/α-hetero) is 2. The number of aromatic carboxylic acids is 1. The summed E-state index contributed by atoms with van der Waals surface area (Å²) < 4.78 is 10.9. The van der Waals surface area contributed by atoms with Gasteiger partial charge in [-0.05, 0) is 49.9 Å². The van der Waals surface area contributed by atoms with Crippen molar-refractivity contribution in [3.05, 3.63) is 59.7 Å². The molecule has 0 atom stereocenters. The van der Waals surface area contributed by atoms with E-state index in [0.717, 1.165) is 25.7 Å². The van der Waals surface area contributed by atoms with E-state index in [1.54, 1.807) is 42.5 Å². The van der Waals surface area contributed by atoms with Crippen LogP contribution in [0.15, 0.2) is 48.5 Å². The molecule has 0 heterocycles. The number of carboxylic acid groups (broad SMARTS) is 1. The highest BCUT2D eigenvalue weighted by atomic mass is 16.5. The lowest BCUT2D eigenvalue weighted by molar-refractivity contribution is -0.119. The molecule has 0 aliphatic heterocycles. The first-order valence-electron chi connectivity index (χ1n) is 12.3. The van der Waals surface area contributed by atoms with Crippen molar-refractivity contribution in [3.8, 4) is 11.5 Å². The molecule has 0 aromatic heterocycles. The van der Waals surface area contributed by atoms with Crippen LogP contribution < -0.4 is 15.2 Å². The molecule has 2 aromatic carbocycles. The summed E-state index contributed by atoms with van der Waals surface area (Å²) >= 11 is 0. The largest absolute Gasteiger partial charge is 0.493 e. The number of benzene rings is 2. The lowest BCUT2D eigenvalue weighted by atomic mass is 10.1. The van der Waals surface area contributed by atoms with Gasteiger partial charge in [-0.15, -0.1) is 0 Å². The Morgan fingerprint density at radius 3 is 1.53 bits per heavy atom. The van der Waals surface area contributed by atoms with Gasteiger partial charge in [0, 0.05) is 25.7 Å². The summed E-state index contributed by atoms with van der Waals surface area (Å²) in [5.74, 6) is -0.0781. The molecule has 8 heteroatoms. The molecule has 196 valence electrons. The predicted octanol–water partition coefficient (Wildman–Crippen LogP) is 5.23. The number of ketones is 2. The summed E-state index contributed by atoms with van der Waals surface area (Å²) in [7, 11) is 0. The highest BCUT2D eigenvalue weighted by Crippen LogP contribution is 2.19. The van der Waals surface area contributed by atoms with Crippen molar-refractivity contribution in [1.29, 1.82) is 0 Å². The second kappa shape index (κ2) is 17.7. The zero-order chi connectivity index (χ0) is 26.8. The Bertz CT molecular complexity index is 908. The average Bonchev–Trinajstić information content (AvgIpc) is 2.88. The van der Waals surface area contributed by atoms with Crippen molar-refractivity contribution in [1.82, 2.24) is 0 Å². The first-order valence-corrected chi connectivity index (χ1v) is 12.3. The van der Waals surface area contributed by atoms with E-state index in [1.807, 2.05) is 13.8 Å². The molecule has 0 radical (unpaired) electrons. The average molecular weight is 500 g/mol. The van der Waals surface area contributed by atoms with Gasteiger partial charge in [-0.1, -0.05) is 38.1 Å². The summed E-state index contributed by atoms with van der Waals surface area (Å²) in [6.45, 7) is 4.63. The van der Waals surface area contributed by atoms with E-state index in [1.165, 1.54) is 6.07 Å². The number of carboxylic acids is 1. The standard InChI is InChI=1S/C14H19NO3.C14H18O4/c1-2-11(16)7-5-6-10-18-13-9-4-3-8-12(13)14(15)17;1-2-11(15)7-5-6-10-18-13-9-4-3-8-12(13)14(16)17/h3-4,8-9H,2,5-7,10H2,1H3,(H2,15,17);3-4,8-9H,2,5-7,10H2,1H3,(H,16,17). The Hall–Kier alpha value is -3.68. The lowest BCUT2D eigenvalue weighted by Gasteiger charge is -2.08. The number of nitrogens with two attached hydrogens (primary N) is 1. The number of para-hydroxylation sites is 2. The molecule has 0 saturated heterocycles. The van der Waals surface area contributed by atoms with Crippen LogP contribution in [-0.4, -0.2) is 41.8 Å². The molecular weight excluding hydrogens is 462 g/mol. The number of carbonyl (C=O) groups excluding carboxylic acids is 3. The van der Waals surface area contributed by atoms with E-state index in [9.17, 15) is 19.2 Å². The zero-order valence-electron chi connectivity index (χ0n) is 21.2. The van der Waals surface area contributed by atoms with Crippen molar-refractivity contribution in [2.75, 3.05) is 13.2 Å². The summed E-state index contributed by atoms with van der Waals surface area (Å²) in [4.78, 5) is 44.2. The van der Waals surface area contributed by atoms with Gasteiger partial charge < -0.3 is 20.3 Å². The van der Waals surface area contributed by atoms with E-state index >= 15 is 0 Å². The highest BCUT2D eigenvalue weighted by molar-refractivity contribution is 5.95. The Morgan fingerprint density at radius 2 is 1.11 bits per heavy atom. The van der Waals surface area contributed by atoms with E-state index in [4.69, 9.17) is 20.3 Å². The summed E-state index contributed by atoms with van der Waals surface area (Å²) in [6.07, 6.45) is 5.46. The zero-order valence-corrected chi connectivity index (χ0v) is 21.2. The van der Waals surface area contributed by atoms with Gasteiger partial charge in [0.05, 0.1) is 18.8 Å². The van der Waals surface area contributed by atoms with Crippen LogP contribution in [0.5, 0.6) is 11.5 Å². The molecule has 1 amide bonds. The molecule has 0 unspecified atom stereocenters. The number of unbranched alkanes of at least 4 members (excludes halogenated alkanes) is 2. The van der Waals surface area contributed by atoms with Crippen LogP contribution in [0.4, 0.5) is 0 Å². The molecule has 36 heavy (non-hydrogen) atoms. The number of rotatable bonds is 16.